The second-order valence-electron chi connectivity index (χ2n) is 2.00. The van der Waals surface area contributed by atoms with Crippen LogP contribution in [-0.4, -0.2) is 20.2 Å². The lowest BCUT2D eigenvalue weighted by atomic mass is 10.4. The summed E-state index contributed by atoms with van der Waals surface area (Å²) in [7, 11) is 0. The molecule has 0 atom stereocenters. The van der Waals surface area contributed by atoms with Crippen LogP contribution >= 0.6 is 0 Å². The first kappa shape index (κ1) is 5.96. The van der Waals surface area contributed by atoms with Gasteiger partial charge in [-0.3, -0.25) is 9.78 Å². The molecule has 0 aliphatic carbocycles. The summed E-state index contributed by atoms with van der Waals surface area (Å²) in [6.45, 7) is 0. The van der Waals surface area contributed by atoms with Gasteiger partial charge in [-0.2, -0.15) is 5.10 Å². The Balaban J connectivity index is 2.89. The zero-order valence-corrected chi connectivity index (χ0v) is 5.48. The maximum Gasteiger partial charge on any atom is 0.278 e. The second kappa shape index (κ2) is 2.12. The Hall–Kier alpha value is -1.78. The lowest BCUT2D eigenvalue weighted by molar-refractivity contribution is 1.08. The van der Waals surface area contributed by atoms with Crippen molar-refractivity contribution in [1.29, 1.82) is 0 Å². The van der Waals surface area contributed by atoms with Crippen molar-refractivity contribution in [1.82, 2.24) is 20.2 Å². The maximum absolute atomic E-state index is 11.0. The fourth-order valence-corrected chi connectivity index (χ4v) is 0.809. The largest absolute Gasteiger partial charge is 0.326 e. The smallest absolute Gasteiger partial charge is 0.278 e. The summed E-state index contributed by atoms with van der Waals surface area (Å²) < 4.78 is 0. The molecule has 0 amide bonds. The summed E-state index contributed by atoms with van der Waals surface area (Å²) in [6, 6.07) is 0. The van der Waals surface area contributed by atoms with Gasteiger partial charge in [0.05, 0.1) is 6.20 Å². The first-order valence-electron chi connectivity index (χ1n) is 3.03. The van der Waals surface area contributed by atoms with E-state index in [4.69, 9.17) is 0 Å². The van der Waals surface area contributed by atoms with Gasteiger partial charge in [-0.1, -0.05) is 0 Å². The standard InChI is InChI=1S/C6H4N4O/c11-6-5-4(3-9-10-5)7-1-2-8-6/h1-3H,(H,8,11). The molecule has 0 radical (unpaired) electrons. The number of nitrogens with one attached hydrogen (secondary N) is 1. The van der Waals surface area contributed by atoms with Crippen LogP contribution in [0.1, 0.15) is 0 Å². The number of nitrogens with zero attached hydrogens (tertiary/aromatic N) is 3. The van der Waals surface area contributed by atoms with E-state index in [0.29, 0.717) is 5.69 Å². The fraction of sp³-hybridized carbons (Fsp3) is 0. The van der Waals surface area contributed by atoms with Crippen molar-refractivity contribution in [3.63, 3.8) is 0 Å². The van der Waals surface area contributed by atoms with Gasteiger partial charge in [-0.05, 0) is 0 Å². The molecule has 1 N–H and O–H groups in total. The maximum atomic E-state index is 11.0. The molecule has 0 unspecified atom stereocenters. The van der Waals surface area contributed by atoms with Crippen LogP contribution < -0.4 is 5.56 Å². The Morgan fingerprint density at radius 2 is 2.36 bits per heavy atom. The Morgan fingerprint density at radius 3 is 3.27 bits per heavy atom. The summed E-state index contributed by atoms with van der Waals surface area (Å²) in [6.07, 6.45) is 4.40. The third-order valence-corrected chi connectivity index (χ3v) is 1.30. The summed E-state index contributed by atoms with van der Waals surface area (Å²) >= 11 is 0. The molecular weight excluding hydrogens is 144 g/mol. The highest BCUT2D eigenvalue weighted by atomic mass is 16.1. The third kappa shape index (κ3) is 0.861. The summed E-state index contributed by atoms with van der Waals surface area (Å²) in [5.74, 6) is 0. The molecule has 0 bridgehead atoms. The van der Waals surface area contributed by atoms with Gasteiger partial charge in [0.15, 0.2) is 5.69 Å². The number of rotatable bonds is 0. The SMILES string of the molecule is O=c1[nH]ccnc2cnnc1-2. The molecule has 11 heavy (non-hydrogen) atoms. The molecule has 5 heteroatoms. The summed E-state index contributed by atoms with van der Waals surface area (Å²) in [4.78, 5) is 17.4. The Labute approximate surface area is 61.5 Å². The van der Waals surface area contributed by atoms with E-state index < -0.39 is 0 Å². The zero-order valence-electron chi connectivity index (χ0n) is 5.48. The molecule has 0 fully saturated rings. The van der Waals surface area contributed by atoms with Crippen LogP contribution in [0.15, 0.2) is 23.4 Å². The molecule has 5 nitrogen and oxygen atoms in total. The molecule has 54 valence electrons. The number of aromatic nitrogens is 4. The highest BCUT2D eigenvalue weighted by Crippen LogP contribution is 2.05. The quantitative estimate of drug-likeness (QED) is 0.555. The van der Waals surface area contributed by atoms with Gasteiger partial charge in [-0.15, -0.1) is 5.10 Å². The topological polar surface area (TPSA) is 71.5 Å². The average molecular weight is 148 g/mol. The van der Waals surface area contributed by atoms with Gasteiger partial charge in [0.25, 0.3) is 5.56 Å². The van der Waals surface area contributed by atoms with Crippen LogP contribution in [0.3, 0.4) is 0 Å². The molecule has 2 aliphatic heterocycles. The van der Waals surface area contributed by atoms with Crippen LogP contribution in [0.4, 0.5) is 0 Å². The minimum absolute atomic E-state index is 0.269. The Morgan fingerprint density at radius 1 is 1.45 bits per heavy atom. The lowest BCUT2D eigenvalue weighted by Crippen LogP contribution is -2.04. The molecule has 0 saturated carbocycles. The van der Waals surface area contributed by atoms with E-state index in [-0.39, 0.29) is 11.3 Å². The van der Waals surface area contributed by atoms with Crippen molar-refractivity contribution in [2.45, 2.75) is 0 Å². The van der Waals surface area contributed by atoms with E-state index in [9.17, 15) is 4.79 Å². The van der Waals surface area contributed by atoms with Crippen LogP contribution in [0, 0.1) is 0 Å². The highest BCUT2D eigenvalue weighted by molar-refractivity contribution is 5.50. The van der Waals surface area contributed by atoms with E-state index in [1.165, 1.54) is 18.6 Å². The lowest BCUT2D eigenvalue weighted by Gasteiger charge is -1.78. The number of hydrogen-bond acceptors (Lipinski definition) is 4. The highest BCUT2D eigenvalue weighted by Gasteiger charge is 2.07. The van der Waals surface area contributed by atoms with Gasteiger partial charge in [-0.25, -0.2) is 0 Å². The number of hydrogen-bond donors (Lipinski definition) is 1. The van der Waals surface area contributed by atoms with Crippen molar-refractivity contribution < 1.29 is 0 Å². The number of aromatic amines is 1. The third-order valence-electron chi connectivity index (χ3n) is 1.30. The predicted octanol–water partition coefficient (Wildman–Crippen LogP) is -0.335. The van der Waals surface area contributed by atoms with E-state index in [1.54, 1.807) is 0 Å². The molecule has 2 heterocycles. The predicted molar refractivity (Wildman–Crippen MR) is 37.1 cm³/mol. The monoisotopic (exact) mass is 148 g/mol. The Bertz CT molecular complexity index is 396. The average Bonchev–Trinajstić information content (AvgIpc) is 2.40. The Kier molecular flexibility index (Phi) is 1.15. The van der Waals surface area contributed by atoms with Gasteiger partial charge in [0, 0.05) is 12.4 Å². The van der Waals surface area contributed by atoms with Gasteiger partial charge in [0.2, 0.25) is 0 Å². The minimum atomic E-state index is -0.269. The van der Waals surface area contributed by atoms with Crippen molar-refractivity contribution in [3.05, 3.63) is 28.9 Å². The van der Waals surface area contributed by atoms with Crippen molar-refractivity contribution in [2.75, 3.05) is 0 Å². The number of fused-ring (bicyclic) bond motifs is 1. The molecule has 0 aromatic heterocycles. The molecule has 0 aromatic carbocycles. The van der Waals surface area contributed by atoms with Crippen LogP contribution in [0.25, 0.3) is 11.4 Å². The van der Waals surface area contributed by atoms with Gasteiger partial charge < -0.3 is 4.98 Å². The van der Waals surface area contributed by atoms with Crippen molar-refractivity contribution >= 4 is 0 Å². The van der Waals surface area contributed by atoms with Crippen LogP contribution in [0.5, 0.6) is 0 Å². The van der Waals surface area contributed by atoms with Crippen molar-refractivity contribution in [3.8, 4) is 11.4 Å². The zero-order chi connectivity index (χ0) is 7.68. The van der Waals surface area contributed by atoms with E-state index in [0.717, 1.165) is 0 Å². The first-order valence-corrected chi connectivity index (χ1v) is 3.03. The van der Waals surface area contributed by atoms with Crippen LogP contribution in [0.2, 0.25) is 0 Å². The van der Waals surface area contributed by atoms with Gasteiger partial charge >= 0.3 is 0 Å². The minimum Gasteiger partial charge on any atom is -0.326 e. The van der Waals surface area contributed by atoms with Gasteiger partial charge in [0.1, 0.15) is 5.69 Å². The molecule has 0 saturated heterocycles. The fourth-order valence-electron chi connectivity index (χ4n) is 0.809. The molecule has 0 spiro atoms. The summed E-state index contributed by atoms with van der Waals surface area (Å²) in [5, 5.41) is 7.16. The molecule has 2 rings (SSSR count). The van der Waals surface area contributed by atoms with E-state index in [1.807, 2.05) is 0 Å². The number of H-pyrrole nitrogens is 1. The molecular formula is C6H4N4O. The van der Waals surface area contributed by atoms with E-state index >= 15 is 0 Å². The normalized spacial score (nSPS) is 10.2. The molecule has 2 aliphatic rings. The molecule has 0 aromatic rings. The second-order valence-corrected chi connectivity index (χ2v) is 2.00. The van der Waals surface area contributed by atoms with Crippen molar-refractivity contribution in [2.24, 2.45) is 0 Å². The van der Waals surface area contributed by atoms with E-state index in [2.05, 4.69) is 20.2 Å². The summed E-state index contributed by atoms with van der Waals surface area (Å²) in [5.41, 5.74) is 0.515. The first-order chi connectivity index (χ1) is 5.38. The van der Waals surface area contributed by atoms with Crippen LogP contribution in [-0.2, 0) is 0 Å².